The van der Waals surface area contributed by atoms with Crippen molar-refractivity contribution in [3.05, 3.63) is 35.9 Å². The molecule has 0 aliphatic heterocycles. The van der Waals surface area contributed by atoms with E-state index in [-0.39, 0.29) is 24.0 Å². The Morgan fingerprint density at radius 3 is 2.08 bits per heavy atom. The minimum Gasteiger partial charge on any atom is -1.00 e. The first kappa shape index (κ1) is 12.9. The fourth-order valence-corrected chi connectivity index (χ4v) is 1.19. The van der Waals surface area contributed by atoms with E-state index in [4.69, 9.17) is 0 Å². The van der Waals surface area contributed by atoms with Gasteiger partial charge >= 0.3 is 0 Å². The van der Waals surface area contributed by atoms with Crippen LogP contribution in [0.25, 0.3) is 0 Å². The van der Waals surface area contributed by atoms with Crippen molar-refractivity contribution >= 4 is 0 Å². The molecule has 13 heavy (non-hydrogen) atoms. The third-order valence-corrected chi connectivity index (χ3v) is 2.31. The predicted molar refractivity (Wildman–Crippen MR) is 52.8 cm³/mol. The summed E-state index contributed by atoms with van der Waals surface area (Å²) >= 11 is 0. The fraction of sp³-hybridized carbons (Fsp3) is 0.455. The zero-order valence-corrected chi connectivity index (χ0v) is 10.8. The number of halogens is 1. The number of quaternary nitrogens is 1. The van der Waals surface area contributed by atoms with Crippen LogP contribution in [0.1, 0.15) is 12.5 Å². The highest BCUT2D eigenvalue weighted by atomic mass is 127. The Kier molecular flexibility index (Phi) is 5.56. The quantitative estimate of drug-likeness (QED) is 0.510. The first-order valence-corrected chi connectivity index (χ1v) is 4.50. The number of hydrogen-bond donors (Lipinski definition) is 0. The summed E-state index contributed by atoms with van der Waals surface area (Å²) in [7, 11) is 4.51. The maximum atomic E-state index is 2.26. The summed E-state index contributed by atoms with van der Waals surface area (Å²) in [5.74, 6) is 0. The van der Waals surface area contributed by atoms with Crippen molar-refractivity contribution in [2.24, 2.45) is 0 Å². The number of rotatable bonds is 3. The van der Waals surface area contributed by atoms with Crippen LogP contribution in [0, 0.1) is 0 Å². The second-order valence-electron chi connectivity index (χ2n) is 3.90. The lowest BCUT2D eigenvalue weighted by atomic mass is 10.2. The first-order chi connectivity index (χ1) is 5.64. The van der Waals surface area contributed by atoms with Gasteiger partial charge in [-0.15, -0.1) is 0 Å². The fourth-order valence-electron chi connectivity index (χ4n) is 1.19. The summed E-state index contributed by atoms with van der Waals surface area (Å²) in [4.78, 5) is 0. The van der Waals surface area contributed by atoms with Crippen molar-refractivity contribution in [1.82, 2.24) is 0 Å². The van der Waals surface area contributed by atoms with Gasteiger partial charge in [0.2, 0.25) is 0 Å². The zero-order valence-electron chi connectivity index (χ0n) is 8.63. The Bertz CT molecular complexity index is 231. The van der Waals surface area contributed by atoms with E-state index in [0.29, 0.717) is 0 Å². The van der Waals surface area contributed by atoms with Crippen LogP contribution < -0.4 is 24.0 Å². The molecule has 0 saturated heterocycles. The Hall–Kier alpha value is -0.0900. The summed E-state index contributed by atoms with van der Waals surface area (Å²) in [5.41, 5.74) is 1.42. The van der Waals surface area contributed by atoms with Gasteiger partial charge < -0.3 is 28.5 Å². The molecule has 0 amide bonds. The molecule has 0 aromatic heterocycles. The van der Waals surface area contributed by atoms with Crippen molar-refractivity contribution in [2.75, 3.05) is 20.6 Å². The van der Waals surface area contributed by atoms with Gasteiger partial charge in [0.25, 0.3) is 0 Å². The average molecular weight is 291 g/mol. The van der Waals surface area contributed by atoms with Crippen molar-refractivity contribution in [2.45, 2.75) is 13.5 Å². The predicted octanol–water partition coefficient (Wildman–Crippen LogP) is -0.713. The highest BCUT2D eigenvalue weighted by molar-refractivity contribution is 5.13. The molecule has 0 atom stereocenters. The minimum atomic E-state index is 0. The van der Waals surface area contributed by atoms with E-state index < -0.39 is 0 Å². The van der Waals surface area contributed by atoms with E-state index in [0.717, 1.165) is 11.0 Å². The molecule has 1 aromatic carbocycles. The van der Waals surface area contributed by atoms with Gasteiger partial charge in [0, 0.05) is 5.56 Å². The smallest absolute Gasteiger partial charge is 0.104 e. The van der Waals surface area contributed by atoms with Gasteiger partial charge in [-0.3, -0.25) is 0 Å². The highest BCUT2D eigenvalue weighted by Gasteiger charge is 2.11. The Morgan fingerprint density at radius 2 is 1.62 bits per heavy atom. The lowest BCUT2D eigenvalue weighted by molar-refractivity contribution is -0.901. The summed E-state index contributed by atoms with van der Waals surface area (Å²) in [6.07, 6.45) is 0. The molecular weight excluding hydrogens is 273 g/mol. The Balaban J connectivity index is 0.00000144. The lowest BCUT2D eigenvalue weighted by Crippen LogP contribution is -3.00. The van der Waals surface area contributed by atoms with Crippen LogP contribution in [0.3, 0.4) is 0 Å². The van der Waals surface area contributed by atoms with E-state index in [1.807, 2.05) is 0 Å². The van der Waals surface area contributed by atoms with Gasteiger partial charge in [-0.1, -0.05) is 30.3 Å². The topological polar surface area (TPSA) is 0 Å². The van der Waals surface area contributed by atoms with Gasteiger partial charge in [0.15, 0.2) is 0 Å². The largest absolute Gasteiger partial charge is 1.00 e. The van der Waals surface area contributed by atoms with E-state index in [1.165, 1.54) is 12.1 Å². The van der Waals surface area contributed by atoms with Crippen LogP contribution in [0.4, 0.5) is 0 Å². The first-order valence-electron chi connectivity index (χ1n) is 4.50. The van der Waals surface area contributed by atoms with Crippen LogP contribution in [-0.2, 0) is 6.54 Å². The standard InChI is InChI=1S/C11H18N.HI/c1-4-12(2,3)10-11-8-6-5-7-9-11;/h5-9H,4,10H2,1-3H3;1H/q+1;/p-1. The molecule has 74 valence electrons. The van der Waals surface area contributed by atoms with Crippen molar-refractivity contribution in [3.8, 4) is 0 Å². The van der Waals surface area contributed by atoms with E-state index in [2.05, 4.69) is 51.4 Å². The van der Waals surface area contributed by atoms with Crippen molar-refractivity contribution < 1.29 is 28.5 Å². The third kappa shape index (κ3) is 4.62. The molecule has 0 spiro atoms. The Labute approximate surface area is 98.4 Å². The van der Waals surface area contributed by atoms with Gasteiger partial charge in [-0.25, -0.2) is 0 Å². The van der Waals surface area contributed by atoms with Gasteiger partial charge in [-0.2, -0.15) is 0 Å². The van der Waals surface area contributed by atoms with Gasteiger partial charge in [-0.05, 0) is 6.92 Å². The van der Waals surface area contributed by atoms with Crippen LogP contribution in [0.15, 0.2) is 30.3 Å². The lowest BCUT2D eigenvalue weighted by Gasteiger charge is -2.28. The molecule has 0 fully saturated rings. The van der Waals surface area contributed by atoms with Gasteiger partial charge in [0.05, 0.1) is 20.6 Å². The van der Waals surface area contributed by atoms with Crippen LogP contribution in [-0.4, -0.2) is 25.1 Å². The van der Waals surface area contributed by atoms with Gasteiger partial charge in [0.1, 0.15) is 6.54 Å². The zero-order chi connectivity index (χ0) is 9.03. The minimum absolute atomic E-state index is 0. The molecule has 1 rings (SSSR count). The second kappa shape index (κ2) is 5.60. The molecule has 2 heteroatoms. The monoisotopic (exact) mass is 291 g/mol. The molecule has 0 bridgehead atoms. The molecule has 0 radical (unpaired) electrons. The SMILES string of the molecule is CC[N+](C)(C)Cc1ccccc1.[I-]. The van der Waals surface area contributed by atoms with Crippen molar-refractivity contribution in [3.63, 3.8) is 0 Å². The van der Waals surface area contributed by atoms with Crippen LogP contribution in [0.2, 0.25) is 0 Å². The molecule has 0 aliphatic rings. The van der Waals surface area contributed by atoms with Crippen molar-refractivity contribution in [1.29, 1.82) is 0 Å². The molecule has 0 N–H and O–H groups in total. The van der Waals surface area contributed by atoms with Crippen LogP contribution in [0.5, 0.6) is 0 Å². The molecule has 0 saturated carbocycles. The molecule has 0 aliphatic carbocycles. The molecule has 1 aromatic rings. The summed E-state index contributed by atoms with van der Waals surface area (Å²) < 4.78 is 1.06. The maximum absolute atomic E-state index is 2.26. The van der Waals surface area contributed by atoms with E-state index in [1.54, 1.807) is 0 Å². The number of nitrogens with zero attached hydrogens (tertiary/aromatic N) is 1. The van der Waals surface area contributed by atoms with Crippen LogP contribution >= 0.6 is 0 Å². The highest BCUT2D eigenvalue weighted by Crippen LogP contribution is 2.07. The molecule has 0 unspecified atom stereocenters. The summed E-state index contributed by atoms with van der Waals surface area (Å²) in [6, 6.07) is 10.6. The molecule has 0 heterocycles. The average Bonchev–Trinajstić information content (AvgIpc) is 2.06. The maximum Gasteiger partial charge on any atom is 0.104 e. The van der Waals surface area contributed by atoms with E-state index in [9.17, 15) is 0 Å². The summed E-state index contributed by atoms with van der Waals surface area (Å²) in [6.45, 7) is 4.52. The number of benzene rings is 1. The Morgan fingerprint density at radius 1 is 1.08 bits per heavy atom. The van der Waals surface area contributed by atoms with E-state index >= 15 is 0 Å². The molecular formula is C11H18IN. The summed E-state index contributed by atoms with van der Waals surface area (Å²) in [5, 5.41) is 0. The molecule has 1 nitrogen and oxygen atoms in total. The normalized spacial score (nSPS) is 10.7. The third-order valence-electron chi connectivity index (χ3n) is 2.31. The number of hydrogen-bond acceptors (Lipinski definition) is 0. The second-order valence-corrected chi connectivity index (χ2v) is 3.90.